The third-order valence-corrected chi connectivity index (χ3v) is 6.87. The molecule has 1 spiro atoms. The number of thioether (sulfide) groups is 1. The maximum atomic E-state index is 12.6. The first-order valence-corrected chi connectivity index (χ1v) is 10.9. The summed E-state index contributed by atoms with van der Waals surface area (Å²) in [5.74, 6) is 1.42. The Balaban J connectivity index is 1.60. The summed E-state index contributed by atoms with van der Waals surface area (Å²) in [6.45, 7) is 8.91. The summed E-state index contributed by atoms with van der Waals surface area (Å²) in [4.78, 5) is 37.7. The Hall–Kier alpha value is -1.63. The number of hydrogen-bond acceptors (Lipinski definition) is 5. The van der Waals surface area contributed by atoms with Crippen LogP contribution in [-0.2, 0) is 16.1 Å². The molecule has 0 radical (unpaired) electrons. The molecule has 0 aromatic carbocycles. The summed E-state index contributed by atoms with van der Waals surface area (Å²) in [5, 5.41) is 0.0357. The molecule has 0 aliphatic carbocycles. The van der Waals surface area contributed by atoms with Gasteiger partial charge in [0.05, 0.1) is 29.4 Å². The van der Waals surface area contributed by atoms with Gasteiger partial charge >= 0.3 is 0 Å². The normalized spacial score (nSPS) is 20.8. The van der Waals surface area contributed by atoms with E-state index in [9.17, 15) is 9.59 Å². The highest BCUT2D eigenvalue weighted by molar-refractivity contribution is 8.00. The van der Waals surface area contributed by atoms with E-state index in [-0.39, 0.29) is 22.5 Å². The molecule has 27 heavy (non-hydrogen) atoms. The van der Waals surface area contributed by atoms with Crippen LogP contribution in [0.3, 0.4) is 0 Å². The molecule has 2 amide bonds. The second-order valence-corrected chi connectivity index (χ2v) is 9.44. The van der Waals surface area contributed by atoms with Crippen molar-refractivity contribution in [2.24, 2.45) is 5.41 Å². The van der Waals surface area contributed by atoms with E-state index in [0.29, 0.717) is 13.0 Å². The summed E-state index contributed by atoms with van der Waals surface area (Å²) >= 11 is 1.71. The van der Waals surface area contributed by atoms with Crippen LogP contribution in [0.4, 0.5) is 0 Å². The van der Waals surface area contributed by atoms with Crippen molar-refractivity contribution >= 4 is 23.6 Å². The average Bonchev–Trinajstić information content (AvgIpc) is 2.67. The number of piperidine rings is 2. The molecule has 3 heterocycles. The van der Waals surface area contributed by atoms with Gasteiger partial charge in [-0.2, -0.15) is 0 Å². The third-order valence-electron chi connectivity index (χ3n) is 5.84. The molecular weight excluding hydrogens is 360 g/mol. The fraction of sp³-hybridized carbons (Fsp3) is 0.700. The first-order chi connectivity index (χ1) is 12.9. The van der Waals surface area contributed by atoms with Crippen molar-refractivity contribution in [1.82, 2.24) is 19.8 Å². The van der Waals surface area contributed by atoms with Crippen LogP contribution in [0.25, 0.3) is 0 Å². The van der Waals surface area contributed by atoms with Gasteiger partial charge in [-0.05, 0) is 44.3 Å². The van der Waals surface area contributed by atoms with E-state index in [1.165, 1.54) is 0 Å². The number of aromatic nitrogens is 2. The number of rotatable bonds is 5. The lowest BCUT2D eigenvalue weighted by molar-refractivity contribution is -0.142. The second-order valence-electron chi connectivity index (χ2n) is 7.82. The van der Waals surface area contributed by atoms with Gasteiger partial charge in [0, 0.05) is 32.3 Å². The molecule has 1 aromatic heterocycles. The van der Waals surface area contributed by atoms with Crippen LogP contribution in [0.15, 0.2) is 12.4 Å². The van der Waals surface area contributed by atoms with Crippen molar-refractivity contribution in [3.8, 4) is 0 Å². The van der Waals surface area contributed by atoms with Crippen molar-refractivity contribution in [2.45, 2.75) is 58.2 Å². The van der Waals surface area contributed by atoms with Gasteiger partial charge in [-0.15, -0.1) is 11.8 Å². The largest absolute Gasteiger partial charge is 0.342 e. The highest BCUT2D eigenvalue weighted by Gasteiger charge is 2.42. The zero-order valence-electron chi connectivity index (χ0n) is 16.6. The van der Waals surface area contributed by atoms with E-state index in [4.69, 9.17) is 0 Å². The molecular formula is C20H30N4O2S. The molecule has 1 aromatic rings. The average molecular weight is 391 g/mol. The molecule has 2 saturated heterocycles. The fourth-order valence-corrected chi connectivity index (χ4v) is 4.92. The molecule has 7 heteroatoms. The molecule has 0 N–H and O–H groups in total. The van der Waals surface area contributed by atoms with Gasteiger partial charge in [0.25, 0.3) is 0 Å². The van der Waals surface area contributed by atoms with Crippen LogP contribution >= 0.6 is 11.8 Å². The van der Waals surface area contributed by atoms with E-state index in [2.05, 4.69) is 16.9 Å². The third kappa shape index (κ3) is 4.81. The Kier molecular flexibility index (Phi) is 6.40. The minimum Gasteiger partial charge on any atom is -0.342 e. The molecule has 0 unspecified atom stereocenters. The highest BCUT2D eigenvalue weighted by Crippen LogP contribution is 2.40. The number of amides is 2. The van der Waals surface area contributed by atoms with E-state index < -0.39 is 0 Å². The predicted octanol–water partition coefficient (Wildman–Crippen LogP) is 2.66. The van der Waals surface area contributed by atoms with Gasteiger partial charge < -0.3 is 9.80 Å². The SMILES string of the molecule is CCS[C@@H](C)C(=O)N1CCC2(CCC(=O)N(Cc3cnc(C)cn3)C2)CC1. The molecule has 6 nitrogen and oxygen atoms in total. The van der Waals surface area contributed by atoms with E-state index in [0.717, 1.165) is 56.0 Å². The van der Waals surface area contributed by atoms with Gasteiger partial charge in [0.1, 0.15) is 0 Å². The zero-order chi connectivity index (χ0) is 19.4. The van der Waals surface area contributed by atoms with Crippen LogP contribution in [-0.4, -0.2) is 62.2 Å². The Bertz CT molecular complexity index is 671. The molecule has 0 bridgehead atoms. The van der Waals surface area contributed by atoms with Gasteiger partial charge in [0.15, 0.2) is 0 Å². The maximum absolute atomic E-state index is 12.6. The first-order valence-electron chi connectivity index (χ1n) is 9.88. The molecule has 1 atom stereocenters. The Morgan fingerprint density at radius 3 is 2.63 bits per heavy atom. The summed E-state index contributed by atoms with van der Waals surface area (Å²) in [6, 6.07) is 0. The lowest BCUT2D eigenvalue weighted by Crippen LogP contribution is -2.53. The molecule has 2 aliphatic rings. The molecule has 2 fully saturated rings. The zero-order valence-corrected chi connectivity index (χ0v) is 17.4. The number of likely N-dealkylation sites (tertiary alicyclic amines) is 2. The summed E-state index contributed by atoms with van der Waals surface area (Å²) < 4.78 is 0. The van der Waals surface area contributed by atoms with Crippen LogP contribution < -0.4 is 0 Å². The summed E-state index contributed by atoms with van der Waals surface area (Å²) in [7, 11) is 0. The Labute approximate surface area is 166 Å². The molecule has 3 rings (SSSR count). The van der Waals surface area contributed by atoms with Crippen LogP contribution in [0, 0.1) is 12.3 Å². The van der Waals surface area contributed by atoms with Crippen molar-refractivity contribution in [1.29, 1.82) is 0 Å². The smallest absolute Gasteiger partial charge is 0.235 e. The Morgan fingerprint density at radius 2 is 2.00 bits per heavy atom. The first kappa shape index (κ1) is 20.1. The number of nitrogens with zero attached hydrogens (tertiary/aromatic N) is 4. The van der Waals surface area contributed by atoms with Crippen LogP contribution in [0.5, 0.6) is 0 Å². The molecule has 148 valence electrons. The lowest BCUT2D eigenvalue weighted by atomic mass is 9.72. The van der Waals surface area contributed by atoms with Crippen LogP contribution in [0.2, 0.25) is 0 Å². The van der Waals surface area contributed by atoms with Crippen molar-refractivity contribution < 1.29 is 9.59 Å². The second kappa shape index (κ2) is 8.59. The van der Waals surface area contributed by atoms with Gasteiger partial charge in [0.2, 0.25) is 11.8 Å². The van der Waals surface area contributed by atoms with E-state index in [1.807, 2.05) is 23.6 Å². The van der Waals surface area contributed by atoms with Crippen LogP contribution in [0.1, 0.15) is 50.9 Å². The van der Waals surface area contributed by atoms with E-state index in [1.54, 1.807) is 24.2 Å². The fourth-order valence-electron chi connectivity index (χ4n) is 4.13. The standard InChI is InChI=1S/C20H30N4O2S/c1-4-27-16(3)19(26)23-9-7-20(8-10-23)6-5-18(25)24(14-20)13-17-12-21-15(2)11-22-17/h11-12,16H,4-10,13-14H2,1-3H3/t16-/m0/s1. The summed E-state index contributed by atoms with van der Waals surface area (Å²) in [6.07, 6.45) is 6.99. The van der Waals surface area contributed by atoms with Crippen molar-refractivity contribution in [3.63, 3.8) is 0 Å². The van der Waals surface area contributed by atoms with Gasteiger partial charge in [-0.25, -0.2) is 0 Å². The summed E-state index contributed by atoms with van der Waals surface area (Å²) in [5.41, 5.74) is 1.86. The Morgan fingerprint density at radius 1 is 1.26 bits per heavy atom. The lowest BCUT2D eigenvalue weighted by Gasteiger charge is -2.47. The van der Waals surface area contributed by atoms with Crippen molar-refractivity contribution in [3.05, 3.63) is 23.8 Å². The van der Waals surface area contributed by atoms with E-state index >= 15 is 0 Å². The molecule has 0 saturated carbocycles. The maximum Gasteiger partial charge on any atom is 0.235 e. The monoisotopic (exact) mass is 390 g/mol. The number of hydrogen-bond donors (Lipinski definition) is 0. The number of carbonyl (C=O) groups is 2. The minimum absolute atomic E-state index is 0.0357. The topological polar surface area (TPSA) is 66.4 Å². The minimum atomic E-state index is 0.0357. The predicted molar refractivity (Wildman–Crippen MR) is 107 cm³/mol. The van der Waals surface area contributed by atoms with Gasteiger partial charge in [-0.3, -0.25) is 19.6 Å². The highest BCUT2D eigenvalue weighted by atomic mass is 32.2. The van der Waals surface area contributed by atoms with Crippen molar-refractivity contribution in [2.75, 3.05) is 25.4 Å². The number of carbonyl (C=O) groups excluding carboxylic acids is 2. The van der Waals surface area contributed by atoms with Gasteiger partial charge in [-0.1, -0.05) is 6.92 Å². The quantitative estimate of drug-likeness (QED) is 0.773. The molecule has 2 aliphatic heterocycles. The number of aryl methyl sites for hydroxylation is 1.